The van der Waals surface area contributed by atoms with Crippen LogP contribution in [0.25, 0.3) is 0 Å². The van der Waals surface area contributed by atoms with Crippen molar-refractivity contribution in [2.24, 2.45) is 5.73 Å². The fourth-order valence-corrected chi connectivity index (χ4v) is 1.12. The minimum absolute atomic E-state index is 0.396. The highest BCUT2D eigenvalue weighted by Crippen LogP contribution is 2.16. The van der Waals surface area contributed by atoms with Gasteiger partial charge in [0.05, 0.1) is 18.4 Å². The summed E-state index contributed by atoms with van der Waals surface area (Å²) in [5.41, 5.74) is 5.89. The van der Waals surface area contributed by atoms with Crippen LogP contribution in [0.15, 0.2) is 24.3 Å². The van der Waals surface area contributed by atoms with Gasteiger partial charge in [0.2, 0.25) is 0 Å². The van der Waals surface area contributed by atoms with Crippen LogP contribution in [0.4, 0.5) is 10.5 Å². The molecule has 0 saturated carbocycles. The highest BCUT2D eigenvalue weighted by atomic mass is 32.1. The maximum Gasteiger partial charge on any atom is 0.337 e. The van der Waals surface area contributed by atoms with Gasteiger partial charge in [-0.1, -0.05) is 12.8 Å². The van der Waals surface area contributed by atoms with Gasteiger partial charge in [-0.2, -0.15) is 0 Å². The summed E-state index contributed by atoms with van der Waals surface area (Å²) < 4.78 is 5.49. The minimum Gasteiger partial charge on any atom is -0.465 e. The first-order valence-corrected chi connectivity index (χ1v) is 4.43. The molecular formula is C9H10N2O3S. The molecule has 0 spiro atoms. The lowest BCUT2D eigenvalue weighted by Crippen LogP contribution is -2.27. The molecule has 0 aliphatic carbocycles. The van der Waals surface area contributed by atoms with E-state index >= 15 is 0 Å². The van der Waals surface area contributed by atoms with Crippen LogP contribution in [0.3, 0.4) is 0 Å². The standard InChI is InChI=1S/C9H10N2O3S/c1-14-8(12)6-2-4-7(5-3-6)11(15)9(10)13/h2-5,15H,1H3,(H2,10,13). The van der Waals surface area contributed by atoms with E-state index in [-0.39, 0.29) is 0 Å². The second-order valence-electron chi connectivity index (χ2n) is 2.69. The molecule has 1 aromatic rings. The number of rotatable bonds is 2. The largest absolute Gasteiger partial charge is 0.465 e. The number of carbonyl (C=O) groups is 2. The third-order valence-corrected chi connectivity index (χ3v) is 2.17. The second-order valence-corrected chi connectivity index (χ2v) is 3.09. The predicted molar refractivity (Wildman–Crippen MR) is 58.8 cm³/mol. The molecule has 0 bridgehead atoms. The topological polar surface area (TPSA) is 72.6 Å². The Balaban J connectivity index is 2.90. The summed E-state index contributed by atoms with van der Waals surface area (Å²) in [7, 11) is 1.30. The fraction of sp³-hybridized carbons (Fsp3) is 0.111. The molecule has 0 atom stereocenters. The van der Waals surface area contributed by atoms with Crippen molar-refractivity contribution in [3.8, 4) is 0 Å². The number of carbonyl (C=O) groups excluding carboxylic acids is 2. The molecule has 2 N–H and O–H groups in total. The van der Waals surface area contributed by atoms with Crippen molar-refractivity contribution in [1.82, 2.24) is 0 Å². The van der Waals surface area contributed by atoms with Crippen LogP contribution in [0, 0.1) is 0 Å². The summed E-state index contributed by atoms with van der Waals surface area (Å²) in [6.45, 7) is 0. The van der Waals surface area contributed by atoms with Gasteiger partial charge in [0.1, 0.15) is 0 Å². The normalized spacial score (nSPS) is 9.47. The Kier molecular flexibility index (Phi) is 3.56. The first kappa shape index (κ1) is 11.4. The number of primary amides is 1. The molecule has 0 fully saturated rings. The van der Waals surface area contributed by atoms with E-state index in [0.29, 0.717) is 11.3 Å². The van der Waals surface area contributed by atoms with Gasteiger partial charge in [-0.3, -0.25) is 0 Å². The Labute approximate surface area is 92.4 Å². The molecule has 0 heterocycles. The van der Waals surface area contributed by atoms with Crippen molar-refractivity contribution in [2.75, 3.05) is 11.4 Å². The van der Waals surface area contributed by atoms with Crippen molar-refractivity contribution in [3.05, 3.63) is 29.8 Å². The molecule has 1 aromatic carbocycles. The maximum absolute atomic E-state index is 11.1. The number of nitrogens with two attached hydrogens (primary N) is 1. The molecule has 1 rings (SSSR count). The van der Waals surface area contributed by atoms with Crippen molar-refractivity contribution in [2.45, 2.75) is 0 Å². The summed E-state index contributed by atoms with van der Waals surface area (Å²) in [5.74, 6) is -0.439. The van der Waals surface area contributed by atoms with Gasteiger partial charge in [0.15, 0.2) is 0 Å². The number of methoxy groups -OCH3 is 1. The zero-order valence-corrected chi connectivity index (χ0v) is 8.90. The molecular weight excluding hydrogens is 216 g/mol. The monoisotopic (exact) mass is 226 g/mol. The van der Waals surface area contributed by atoms with Gasteiger partial charge in [-0.25, -0.2) is 13.9 Å². The third kappa shape index (κ3) is 2.63. The van der Waals surface area contributed by atoms with Crippen LogP contribution in [0.2, 0.25) is 0 Å². The van der Waals surface area contributed by atoms with Gasteiger partial charge in [0, 0.05) is 0 Å². The van der Waals surface area contributed by atoms with Gasteiger partial charge >= 0.3 is 12.0 Å². The molecule has 6 heteroatoms. The molecule has 0 radical (unpaired) electrons. The zero-order chi connectivity index (χ0) is 11.4. The lowest BCUT2D eigenvalue weighted by atomic mass is 10.2. The molecule has 5 nitrogen and oxygen atoms in total. The van der Waals surface area contributed by atoms with Crippen molar-refractivity contribution in [1.29, 1.82) is 0 Å². The highest BCUT2D eigenvalue weighted by molar-refractivity contribution is 7.82. The van der Waals surface area contributed by atoms with Gasteiger partial charge < -0.3 is 10.5 Å². The number of urea groups is 1. The first-order chi connectivity index (χ1) is 7.06. The predicted octanol–water partition coefficient (Wildman–Crippen LogP) is 1.20. The number of esters is 1. The summed E-state index contributed by atoms with van der Waals surface area (Å²) in [6.07, 6.45) is 0. The number of anilines is 1. The quantitative estimate of drug-likeness (QED) is 0.588. The van der Waals surface area contributed by atoms with E-state index in [1.165, 1.54) is 19.2 Å². The Morgan fingerprint density at radius 1 is 1.33 bits per heavy atom. The molecule has 2 amide bonds. The number of thiol groups is 1. The van der Waals surface area contributed by atoms with E-state index in [0.717, 1.165) is 4.31 Å². The van der Waals surface area contributed by atoms with E-state index in [1.807, 2.05) is 0 Å². The number of ether oxygens (including phenoxy) is 1. The number of hydrogen-bond donors (Lipinski definition) is 2. The molecule has 0 aliphatic rings. The van der Waals surface area contributed by atoms with E-state index in [4.69, 9.17) is 5.73 Å². The zero-order valence-electron chi connectivity index (χ0n) is 8.01. The van der Waals surface area contributed by atoms with E-state index in [2.05, 4.69) is 17.6 Å². The lowest BCUT2D eigenvalue weighted by Gasteiger charge is -2.12. The van der Waals surface area contributed by atoms with E-state index in [9.17, 15) is 9.59 Å². The SMILES string of the molecule is COC(=O)c1ccc(N(S)C(N)=O)cc1. The number of benzene rings is 1. The number of amides is 2. The lowest BCUT2D eigenvalue weighted by molar-refractivity contribution is 0.0601. The molecule has 0 saturated heterocycles. The Morgan fingerprint density at radius 2 is 1.87 bits per heavy atom. The summed E-state index contributed by atoms with van der Waals surface area (Å²) in [6, 6.07) is 5.44. The molecule has 15 heavy (non-hydrogen) atoms. The van der Waals surface area contributed by atoms with Crippen LogP contribution in [0.1, 0.15) is 10.4 Å². The van der Waals surface area contributed by atoms with Crippen molar-refractivity contribution < 1.29 is 14.3 Å². The van der Waals surface area contributed by atoms with Crippen LogP contribution >= 0.6 is 12.8 Å². The highest BCUT2D eigenvalue weighted by Gasteiger charge is 2.09. The number of hydrogen-bond acceptors (Lipinski definition) is 4. The van der Waals surface area contributed by atoms with Crippen molar-refractivity contribution in [3.63, 3.8) is 0 Å². The molecule has 80 valence electrons. The summed E-state index contributed by atoms with van der Waals surface area (Å²) in [4.78, 5) is 21.8. The van der Waals surface area contributed by atoms with Crippen LogP contribution in [-0.2, 0) is 4.74 Å². The van der Waals surface area contributed by atoms with Crippen molar-refractivity contribution >= 4 is 30.5 Å². The van der Waals surface area contributed by atoms with Crippen LogP contribution in [-0.4, -0.2) is 19.1 Å². The molecule has 0 aromatic heterocycles. The first-order valence-electron chi connectivity index (χ1n) is 4.03. The molecule has 0 aliphatic heterocycles. The Morgan fingerprint density at radius 3 is 2.27 bits per heavy atom. The third-order valence-electron chi connectivity index (χ3n) is 1.74. The maximum atomic E-state index is 11.1. The fourth-order valence-electron chi connectivity index (χ4n) is 0.984. The summed E-state index contributed by atoms with van der Waals surface area (Å²) >= 11 is 3.87. The molecule has 0 unspecified atom stereocenters. The minimum atomic E-state index is -0.691. The summed E-state index contributed by atoms with van der Waals surface area (Å²) in [5, 5.41) is 0. The van der Waals surface area contributed by atoms with E-state index in [1.54, 1.807) is 12.1 Å². The second kappa shape index (κ2) is 4.70. The van der Waals surface area contributed by atoms with Crippen LogP contribution < -0.4 is 10.0 Å². The van der Waals surface area contributed by atoms with Gasteiger partial charge in [-0.05, 0) is 24.3 Å². The number of nitrogens with zero attached hydrogens (tertiary/aromatic N) is 1. The average Bonchev–Trinajstić information content (AvgIpc) is 2.27. The smallest absolute Gasteiger partial charge is 0.337 e. The Bertz CT molecular complexity index is 377. The van der Waals surface area contributed by atoms with Gasteiger partial charge in [-0.15, -0.1) is 0 Å². The van der Waals surface area contributed by atoms with E-state index < -0.39 is 12.0 Å². The van der Waals surface area contributed by atoms with Crippen LogP contribution in [0.5, 0.6) is 0 Å². The Hall–Kier alpha value is -1.69. The van der Waals surface area contributed by atoms with Gasteiger partial charge in [0.25, 0.3) is 0 Å². The average molecular weight is 226 g/mol.